The molecule has 2 atom stereocenters. The minimum Gasteiger partial charge on any atom is -0.434 e. The Morgan fingerprint density at radius 1 is 1.37 bits per heavy atom. The van der Waals surface area contributed by atoms with Crippen molar-refractivity contribution in [3.63, 3.8) is 0 Å². The summed E-state index contributed by atoms with van der Waals surface area (Å²) in [6.45, 7) is 2.26. The molecule has 2 aromatic heterocycles. The zero-order chi connectivity index (χ0) is 20.0. The van der Waals surface area contributed by atoms with Crippen LogP contribution in [0.15, 0.2) is 18.5 Å². The molecule has 6 N–H and O–H groups in total. The molecule has 3 rings (SSSR count). The SMILES string of the molecule is CCCCCCOC(=O)OC[C@]1(C#N)CCC(c2ccc3c(N)ncnn23)O1.O.O. The number of aromatic nitrogens is 3. The van der Waals surface area contributed by atoms with Crippen LogP contribution < -0.4 is 5.73 Å². The molecule has 0 spiro atoms. The Hall–Kier alpha value is -2.94. The van der Waals surface area contributed by atoms with Crippen LogP contribution in [-0.2, 0) is 14.2 Å². The van der Waals surface area contributed by atoms with Crippen LogP contribution in [0.4, 0.5) is 10.6 Å². The lowest BCUT2D eigenvalue weighted by Gasteiger charge is -2.21. The zero-order valence-electron chi connectivity index (χ0n) is 17.0. The molecule has 1 aliphatic heterocycles. The van der Waals surface area contributed by atoms with Gasteiger partial charge < -0.3 is 30.9 Å². The molecule has 0 radical (unpaired) electrons. The van der Waals surface area contributed by atoms with Crippen molar-refractivity contribution in [2.24, 2.45) is 0 Å². The first-order valence-electron chi connectivity index (χ1n) is 9.55. The number of nitriles is 1. The number of ether oxygens (including phenoxy) is 3. The molecule has 1 aliphatic rings. The van der Waals surface area contributed by atoms with Gasteiger partial charge in [0, 0.05) is 0 Å². The smallest absolute Gasteiger partial charge is 0.434 e. The van der Waals surface area contributed by atoms with Crippen molar-refractivity contribution >= 4 is 17.5 Å². The summed E-state index contributed by atoms with van der Waals surface area (Å²) >= 11 is 0. The van der Waals surface area contributed by atoms with Crippen LogP contribution in [0.5, 0.6) is 0 Å². The van der Waals surface area contributed by atoms with Gasteiger partial charge in [0.25, 0.3) is 0 Å². The van der Waals surface area contributed by atoms with Crippen molar-refractivity contribution in [2.75, 3.05) is 18.9 Å². The number of nitrogen functional groups attached to an aromatic ring is 1. The Bertz CT molecular complexity index is 867. The number of carbonyl (C=O) groups is 1. The molecule has 11 nitrogen and oxygen atoms in total. The van der Waals surface area contributed by atoms with E-state index in [4.69, 9.17) is 19.9 Å². The highest BCUT2D eigenvalue weighted by Crippen LogP contribution is 2.40. The fourth-order valence-electron chi connectivity index (χ4n) is 3.30. The molecule has 11 heteroatoms. The van der Waals surface area contributed by atoms with Crippen LogP contribution >= 0.6 is 0 Å². The van der Waals surface area contributed by atoms with E-state index >= 15 is 0 Å². The van der Waals surface area contributed by atoms with Crippen LogP contribution in [0, 0.1) is 11.3 Å². The van der Waals surface area contributed by atoms with Crippen LogP contribution in [0.1, 0.15) is 57.2 Å². The standard InChI is InChI=1S/C19H25N5O4.2H2O/c1-2-3-4-5-10-26-18(25)27-12-19(11-20)9-8-16(28-19)14-6-7-15-17(21)22-13-23-24(14)15;;/h6-7,13,16H,2-5,8-10,12H2,1H3,(H2,21,22,23);2*1H2/t16?,19-;;/m1../s1. The molecule has 0 bridgehead atoms. The summed E-state index contributed by atoms with van der Waals surface area (Å²) in [5.41, 5.74) is 6.12. The van der Waals surface area contributed by atoms with Crippen molar-refractivity contribution in [3.05, 3.63) is 24.2 Å². The van der Waals surface area contributed by atoms with Crippen molar-refractivity contribution < 1.29 is 30.0 Å². The Balaban J connectivity index is 0.00000225. The number of nitrogens with zero attached hydrogens (tertiary/aromatic N) is 4. The summed E-state index contributed by atoms with van der Waals surface area (Å²) in [5.74, 6) is 0.371. The lowest BCUT2D eigenvalue weighted by molar-refractivity contribution is -0.0551. The molecule has 1 unspecified atom stereocenters. The van der Waals surface area contributed by atoms with Crippen molar-refractivity contribution in [1.29, 1.82) is 5.26 Å². The molecule has 3 heterocycles. The van der Waals surface area contributed by atoms with Gasteiger partial charge in [0.2, 0.25) is 0 Å². The fraction of sp³-hybridized carbons (Fsp3) is 0.579. The van der Waals surface area contributed by atoms with E-state index in [9.17, 15) is 10.1 Å². The molecule has 0 amide bonds. The van der Waals surface area contributed by atoms with E-state index in [-0.39, 0.29) is 23.7 Å². The quantitative estimate of drug-likeness (QED) is 0.488. The minimum atomic E-state index is -1.20. The van der Waals surface area contributed by atoms with Gasteiger partial charge in [-0.2, -0.15) is 10.4 Å². The number of unbranched alkanes of at least 4 members (excludes halogenated alkanes) is 3. The van der Waals surface area contributed by atoms with E-state index in [2.05, 4.69) is 23.1 Å². The van der Waals surface area contributed by atoms with Gasteiger partial charge in [-0.3, -0.25) is 0 Å². The second kappa shape index (κ2) is 11.3. The number of rotatable bonds is 8. The highest BCUT2D eigenvalue weighted by Gasteiger charge is 2.43. The molecule has 166 valence electrons. The predicted octanol–water partition coefficient (Wildman–Crippen LogP) is 1.51. The highest BCUT2D eigenvalue weighted by atomic mass is 16.7. The number of anilines is 1. The van der Waals surface area contributed by atoms with Gasteiger partial charge in [-0.15, -0.1) is 0 Å². The summed E-state index contributed by atoms with van der Waals surface area (Å²) < 4.78 is 17.8. The lowest BCUT2D eigenvalue weighted by Crippen LogP contribution is -2.33. The maximum Gasteiger partial charge on any atom is 0.508 e. The highest BCUT2D eigenvalue weighted by molar-refractivity contribution is 5.65. The molecule has 0 saturated carbocycles. The van der Waals surface area contributed by atoms with E-state index in [1.165, 1.54) is 6.33 Å². The first kappa shape index (κ1) is 25.1. The molecular formula is C19H29N5O6. The van der Waals surface area contributed by atoms with Gasteiger partial charge >= 0.3 is 6.16 Å². The van der Waals surface area contributed by atoms with E-state index in [1.54, 1.807) is 4.52 Å². The number of carbonyl (C=O) groups excluding carboxylic acids is 1. The summed E-state index contributed by atoms with van der Waals surface area (Å²) in [4.78, 5) is 15.7. The lowest BCUT2D eigenvalue weighted by atomic mass is 10.0. The van der Waals surface area contributed by atoms with Gasteiger partial charge in [0.15, 0.2) is 11.4 Å². The second-order valence-electron chi connectivity index (χ2n) is 6.90. The molecule has 0 aromatic carbocycles. The number of nitrogens with two attached hydrogens (primary N) is 1. The van der Waals surface area contributed by atoms with Crippen LogP contribution in [-0.4, -0.2) is 50.5 Å². The van der Waals surface area contributed by atoms with Gasteiger partial charge in [-0.1, -0.05) is 26.2 Å². The largest absolute Gasteiger partial charge is 0.508 e. The monoisotopic (exact) mass is 423 g/mol. The zero-order valence-corrected chi connectivity index (χ0v) is 17.0. The summed E-state index contributed by atoms with van der Waals surface area (Å²) in [5, 5.41) is 13.8. The molecule has 30 heavy (non-hydrogen) atoms. The Labute approximate surface area is 174 Å². The van der Waals surface area contributed by atoms with Crippen LogP contribution in [0.3, 0.4) is 0 Å². The van der Waals surface area contributed by atoms with E-state index in [0.29, 0.717) is 30.8 Å². The van der Waals surface area contributed by atoms with Gasteiger partial charge in [0.05, 0.1) is 12.3 Å². The second-order valence-corrected chi connectivity index (χ2v) is 6.90. The molecule has 0 aliphatic carbocycles. The first-order chi connectivity index (χ1) is 13.6. The van der Waals surface area contributed by atoms with Gasteiger partial charge in [-0.05, 0) is 31.4 Å². The van der Waals surface area contributed by atoms with Crippen LogP contribution in [0.2, 0.25) is 0 Å². The maximum atomic E-state index is 11.8. The van der Waals surface area contributed by atoms with Gasteiger partial charge in [-0.25, -0.2) is 14.3 Å². The average Bonchev–Trinajstić information content (AvgIpc) is 3.32. The molecule has 1 saturated heterocycles. The summed E-state index contributed by atoms with van der Waals surface area (Å²) in [6, 6.07) is 5.81. The minimum absolute atomic E-state index is 0. The Morgan fingerprint density at radius 3 is 2.90 bits per heavy atom. The molecule has 1 fully saturated rings. The Kier molecular flexibility index (Phi) is 9.45. The van der Waals surface area contributed by atoms with Crippen molar-refractivity contribution in [1.82, 2.24) is 14.6 Å². The summed E-state index contributed by atoms with van der Waals surface area (Å²) in [7, 11) is 0. The fourth-order valence-corrected chi connectivity index (χ4v) is 3.30. The number of fused-ring (bicyclic) bond motifs is 1. The van der Waals surface area contributed by atoms with E-state index in [0.717, 1.165) is 31.4 Å². The number of hydrogen-bond acceptors (Lipinski definition) is 8. The third-order valence-electron chi connectivity index (χ3n) is 4.86. The number of hydrogen-bond donors (Lipinski definition) is 1. The maximum absolute atomic E-state index is 11.8. The van der Waals surface area contributed by atoms with Crippen molar-refractivity contribution in [2.45, 2.75) is 57.2 Å². The summed E-state index contributed by atoms with van der Waals surface area (Å²) in [6.07, 6.45) is 5.31. The van der Waals surface area contributed by atoms with Gasteiger partial charge in [0.1, 0.15) is 30.6 Å². The van der Waals surface area contributed by atoms with E-state index in [1.807, 2.05) is 12.1 Å². The van der Waals surface area contributed by atoms with Crippen LogP contribution in [0.25, 0.3) is 5.52 Å². The topological polar surface area (TPSA) is 188 Å². The Morgan fingerprint density at radius 2 is 2.17 bits per heavy atom. The normalized spacial score (nSPS) is 20.1. The third-order valence-corrected chi connectivity index (χ3v) is 4.86. The average molecular weight is 423 g/mol. The molecule has 2 aromatic rings. The molecular weight excluding hydrogens is 394 g/mol. The first-order valence-corrected chi connectivity index (χ1v) is 9.55. The third kappa shape index (κ3) is 5.56. The predicted molar refractivity (Wildman–Crippen MR) is 107 cm³/mol. The van der Waals surface area contributed by atoms with E-state index < -0.39 is 11.8 Å². The van der Waals surface area contributed by atoms with Crippen molar-refractivity contribution in [3.8, 4) is 6.07 Å².